The number of amides is 2. The minimum absolute atomic E-state index is 0.0984. The maximum Gasteiger partial charge on any atom is 0.287 e. The van der Waals surface area contributed by atoms with Gasteiger partial charge in [-0.25, -0.2) is 5.43 Å². The lowest BCUT2D eigenvalue weighted by Crippen LogP contribution is -2.32. The fraction of sp³-hybridized carbons (Fsp3) is 0.167. The second-order valence-corrected chi connectivity index (χ2v) is 8.14. The summed E-state index contributed by atoms with van der Waals surface area (Å²) in [6, 6.07) is 26.5. The van der Waals surface area contributed by atoms with E-state index in [4.69, 9.17) is 0 Å². The topological polar surface area (TPSA) is 73.8 Å². The van der Waals surface area contributed by atoms with Crippen LogP contribution in [0, 0.1) is 0 Å². The van der Waals surface area contributed by atoms with Gasteiger partial charge in [-0.3, -0.25) is 9.59 Å². The van der Waals surface area contributed by atoms with Gasteiger partial charge in [-0.15, -0.1) is 0 Å². The molecule has 0 heterocycles. The molecule has 2 N–H and O–H groups in total. The molecule has 36 heavy (non-hydrogen) atoms. The van der Waals surface area contributed by atoms with Crippen molar-refractivity contribution < 1.29 is 9.59 Å². The molecule has 0 saturated carbocycles. The molecule has 0 aliphatic carbocycles. The van der Waals surface area contributed by atoms with Gasteiger partial charge in [0.2, 0.25) is 0 Å². The van der Waals surface area contributed by atoms with E-state index >= 15 is 0 Å². The molecule has 3 aromatic carbocycles. The fourth-order valence-electron chi connectivity index (χ4n) is 3.58. The Balaban J connectivity index is 1.79. The van der Waals surface area contributed by atoms with Crippen LogP contribution in [0.5, 0.6) is 0 Å². The van der Waals surface area contributed by atoms with Crippen molar-refractivity contribution >= 4 is 35.9 Å². The number of nitrogens with zero attached hydrogens (tertiary/aromatic N) is 2. The summed E-state index contributed by atoms with van der Waals surface area (Å²) in [5.41, 5.74) is 6.87. The van der Waals surface area contributed by atoms with E-state index in [9.17, 15) is 9.59 Å². The smallest absolute Gasteiger partial charge is 0.287 e. The molecule has 0 aromatic heterocycles. The van der Waals surface area contributed by atoms with Crippen LogP contribution in [0.25, 0.3) is 12.2 Å². The molecule has 0 bridgehead atoms. The highest BCUT2D eigenvalue weighted by molar-refractivity contribution is 6.05. The van der Waals surface area contributed by atoms with Crippen molar-refractivity contribution in [3.63, 3.8) is 0 Å². The van der Waals surface area contributed by atoms with Crippen molar-refractivity contribution in [2.75, 3.05) is 18.0 Å². The third-order valence-electron chi connectivity index (χ3n) is 5.49. The molecule has 3 rings (SSSR count). The Morgan fingerprint density at radius 1 is 0.806 bits per heavy atom. The molecule has 0 radical (unpaired) electrons. The Morgan fingerprint density at radius 3 is 2.00 bits per heavy atom. The zero-order valence-corrected chi connectivity index (χ0v) is 20.9. The van der Waals surface area contributed by atoms with E-state index in [2.05, 4.69) is 34.6 Å². The second kappa shape index (κ2) is 13.4. The predicted octanol–water partition coefficient (Wildman–Crippen LogP) is 5.51. The van der Waals surface area contributed by atoms with Gasteiger partial charge in [-0.2, -0.15) is 5.10 Å². The van der Waals surface area contributed by atoms with Gasteiger partial charge in [-0.1, -0.05) is 66.7 Å². The molecule has 0 aliphatic rings. The molecule has 3 aromatic rings. The van der Waals surface area contributed by atoms with Gasteiger partial charge in [0, 0.05) is 24.3 Å². The van der Waals surface area contributed by atoms with Crippen molar-refractivity contribution in [3.05, 3.63) is 113 Å². The van der Waals surface area contributed by atoms with Crippen molar-refractivity contribution in [3.8, 4) is 0 Å². The molecular weight excluding hydrogens is 448 g/mol. The Kier molecular flexibility index (Phi) is 9.77. The van der Waals surface area contributed by atoms with Crippen molar-refractivity contribution in [2.45, 2.75) is 20.8 Å². The first-order chi connectivity index (χ1) is 17.5. The van der Waals surface area contributed by atoms with E-state index in [1.807, 2.05) is 73.7 Å². The van der Waals surface area contributed by atoms with Crippen LogP contribution >= 0.6 is 0 Å². The molecule has 0 aliphatic heterocycles. The van der Waals surface area contributed by atoms with Crippen molar-refractivity contribution in [1.29, 1.82) is 0 Å². The van der Waals surface area contributed by atoms with Crippen LogP contribution in [-0.2, 0) is 4.79 Å². The number of nitrogens with one attached hydrogen (secondary N) is 2. The van der Waals surface area contributed by atoms with Crippen LogP contribution in [0.15, 0.2) is 101 Å². The van der Waals surface area contributed by atoms with E-state index in [1.54, 1.807) is 36.6 Å². The molecule has 0 fully saturated rings. The summed E-state index contributed by atoms with van der Waals surface area (Å²) >= 11 is 0. The Bertz CT molecular complexity index is 1230. The Morgan fingerprint density at radius 2 is 1.39 bits per heavy atom. The summed E-state index contributed by atoms with van der Waals surface area (Å²) in [4.78, 5) is 28.0. The number of carbonyl (C=O) groups excluding carboxylic acids is 2. The molecule has 0 spiro atoms. The van der Waals surface area contributed by atoms with E-state index in [0.717, 1.165) is 35.5 Å². The molecule has 0 saturated heterocycles. The third-order valence-corrected chi connectivity index (χ3v) is 5.49. The first kappa shape index (κ1) is 26.2. The zero-order valence-electron chi connectivity index (χ0n) is 20.9. The molecular formula is C30H32N4O2. The lowest BCUT2D eigenvalue weighted by molar-refractivity contribution is -0.117. The minimum Gasteiger partial charge on any atom is -0.372 e. The van der Waals surface area contributed by atoms with Crippen LogP contribution < -0.4 is 15.6 Å². The van der Waals surface area contributed by atoms with Gasteiger partial charge >= 0.3 is 0 Å². The lowest BCUT2D eigenvalue weighted by atomic mass is 10.1. The summed E-state index contributed by atoms with van der Waals surface area (Å²) in [7, 11) is 0. The maximum atomic E-state index is 13.0. The van der Waals surface area contributed by atoms with E-state index in [0.29, 0.717) is 5.56 Å². The van der Waals surface area contributed by atoms with Gasteiger partial charge in [0.1, 0.15) is 5.70 Å². The monoisotopic (exact) mass is 480 g/mol. The largest absolute Gasteiger partial charge is 0.372 e. The zero-order chi connectivity index (χ0) is 25.8. The first-order valence-corrected chi connectivity index (χ1v) is 12.0. The number of anilines is 1. The summed E-state index contributed by atoms with van der Waals surface area (Å²) in [5.74, 6) is -0.892. The molecule has 0 atom stereocenters. The highest BCUT2D eigenvalue weighted by Crippen LogP contribution is 2.17. The standard InChI is InChI=1S/C30H32N4O2/c1-4-34(5-2)27-18-16-25(17-19-27)21-28(32-29(35)26-14-10-7-11-15-26)30(36)33-31-22-23(3)20-24-12-8-6-9-13-24/h6-22H,4-5H2,1-3H3,(H,32,35)(H,33,36). The average Bonchev–Trinajstić information content (AvgIpc) is 2.91. The van der Waals surface area contributed by atoms with E-state index in [-0.39, 0.29) is 11.6 Å². The van der Waals surface area contributed by atoms with Gasteiger partial charge in [-0.05, 0) is 67.8 Å². The summed E-state index contributed by atoms with van der Waals surface area (Å²) in [6.07, 6.45) is 5.17. The quantitative estimate of drug-likeness (QED) is 0.228. The van der Waals surface area contributed by atoms with Gasteiger partial charge in [0.25, 0.3) is 11.8 Å². The van der Waals surface area contributed by atoms with Crippen LogP contribution in [0.2, 0.25) is 0 Å². The summed E-state index contributed by atoms with van der Waals surface area (Å²) in [6.45, 7) is 7.92. The summed E-state index contributed by atoms with van der Waals surface area (Å²) in [5, 5.41) is 6.81. The molecule has 2 amide bonds. The summed E-state index contributed by atoms with van der Waals surface area (Å²) < 4.78 is 0. The normalized spacial score (nSPS) is 11.9. The van der Waals surface area contributed by atoms with Gasteiger partial charge < -0.3 is 10.2 Å². The fourth-order valence-corrected chi connectivity index (χ4v) is 3.58. The van der Waals surface area contributed by atoms with E-state index in [1.165, 1.54) is 0 Å². The molecule has 0 unspecified atom stereocenters. The Hall–Kier alpha value is -4.45. The van der Waals surface area contributed by atoms with Crippen molar-refractivity contribution in [1.82, 2.24) is 10.7 Å². The lowest BCUT2D eigenvalue weighted by Gasteiger charge is -2.20. The van der Waals surface area contributed by atoms with Crippen LogP contribution in [0.3, 0.4) is 0 Å². The number of benzene rings is 3. The molecule has 6 nitrogen and oxygen atoms in total. The highest BCUT2D eigenvalue weighted by atomic mass is 16.2. The van der Waals surface area contributed by atoms with Crippen LogP contribution in [0.4, 0.5) is 5.69 Å². The van der Waals surface area contributed by atoms with Crippen LogP contribution in [0.1, 0.15) is 42.3 Å². The maximum absolute atomic E-state index is 13.0. The number of carbonyl (C=O) groups is 2. The third kappa shape index (κ3) is 7.81. The van der Waals surface area contributed by atoms with Gasteiger partial charge in [0.15, 0.2) is 0 Å². The number of allylic oxidation sites excluding steroid dienone is 1. The number of rotatable bonds is 10. The number of hydrogen-bond acceptors (Lipinski definition) is 4. The minimum atomic E-state index is -0.518. The van der Waals surface area contributed by atoms with Crippen molar-refractivity contribution in [2.24, 2.45) is 5.10 Å². The Labute approximate surface area is 213 Å². The van der Waals surface area contributed by atoms with Crippen LogP contribution in [-0.4, -0.2) is 31.1 Å². The highest BCUT2D eigenvalue weighted by Gasteiger charge is 2.14. The predicted molar refractivity (Wildman–Crippen MR) is 149 cm³/mol. The average molecular weight is 481 g/mol. The number of hydrogen-bond donors (Lipinski definition) is 2. The molecule has 184 valence electrons. The number of hydrazone groups is 1. The van der Waals surface area contributed by atoms with Gasteiger partial charge in [0.05, 0.1) is 6.21 Å². The SMILES string of the molecule is CCN(CC)c1ccc(C=C(NC(=O)c2ccccc2)C(=O)NN=CC(C)=Cc2ccccc2)cc1. The first-order valence-electron chi connectivity index (χ1n) is 12.0. The van der Waals surface area contributed by atoms with E-state index < -0.39 is 5.91 Å². The second-order valence-electron chi connectivity index (χ2n) is 8.14. The molecule has 6 heteroatoms.